The van der Waals surface area contributed by atoms with E-state index in [1.165, 1.54) is 6.33 Å². The van der Waals surface area contributed by atoms with Gasteiger partial charge in [0.05, 0.1) is 19.5 Å². The summed E-state index contributed by atoms with van der Waals surface area (Å²) >= 11 is 0. The fourth-order valence-electron chi connectivity index (χ4n) is 5.05. The van der Waals surface area contributed by atoms with E-state index in [4.69, 9.17) is 4.74 Å². The summed E-state index contributed by atoms with van der Waals surface area (Å²) in [5, 5.41) is 5.89. The molecule has 5 rings (SSSR count). The molecule has 9 nitrogen and oxygen atoms in total. The first-order valence-corrected chi connectivity index (χ1v) is 13.0. The van der Waals surface area contributed by atoms with Gasteiger partial charge in [-0.05, 0) is 56.9 Å². The number of aryl methyl sites for hydroxylation is 1. The molecule has 1 aliphatic carbocycles. The molecule has 3 aromatic rings. The Labute approximate surface area is 222 Å². The summed E-state index contributed by atoms with van der Waals surface area (Å²) in [6.07, 6.45) is 3.15. The summed E-state index contributed by atoms with van der Waals surface area (Å²) in [4.78, 5) is 46.3. The van der Waals surface area contributed by atoms with Gasteiger partial charge >= 0.3 is 0 Å². The maximum absolute atomic E-state index is 13.8. The van der Waals surface area contributed by atoms with Crippen molar-refractivity contribution in [2.75, 3.05) is 6.61 Å². The molecule has 2 aliphatic rings. The van der Waals surface area contributed by atoms with Crippen molar-refractivity contribution >= 4 is 17.7 Å². The van der Waals surface area contributed by atoms with Gasteiger partial charge in [0.2, 0.25) is 5.91 Å². The molecule has 1 atom stereocenters. The first kappa shape index (κ1) is 25.5. The Bertz CT molecular complexity index is 1360. The second kappa shape index (κ2) is 10.3. The van der Waals surface area contributed by atoms with Gasteiger partial charge in [0.15, 0.2) is 5.69 Å². The van der Waals surface area contributed by atoms with Crippen LogP contribution < -0.4 is 15.4 Å². The fraction of sp³-hybridized carbons (Fsp3) is 0.379. The Morgan fingerprint density at radius 3 is 2.50 bits per heavy atom. The summed E-state index contributed by atoms with van der Waals surface area (Å²) in [5.74, 6) is -0.220. The highest BCUT2D eigenvalue weighted by molar-refractivity contribution is 6.07. The minimum Gasteiger partial charge on any atom is -0.494 e. The zero-order chi connectivity index (χ0) is 26.9. The topological polar surface area (TPSA) is 106 Å². The number of amides is 3. The lowest BCUT2D eigenvalue weighted by Crippen LogP contribution is -2.64. The second-order valence-corrected chi connectivity index (χ2v) is 10.2. The van der Waals surface area contributed by atoms with Crippen LogP contribution in [0.1, 0.15) is 64.4 Å². The smallest absolute Gasteiger partial charge is 0.274 e. The molecule has 0 radical (unpaired) electrons. The molecule has 2 heterocycles. The van der Waals surface area contributed by atoms with Crippen molar-refractivity contribution in [1.29, 1.82) is 0 Å². The van der Waals surface area contributed by atoms with Crippen LogP contribution in [-0.4, -0.2) is 50.4 Å². The summed E-state index contributed by atoms with van der Waals surface area (Å²) in [7, 11) is 0. The molecule has 1 saturated carbocycles. The molecular formula is C29H33N5O4. The lowest BCUT2D eigenvalue weighted by Gasteiger charge is -2.44. The predicted octanol–water partition coefficient (Wildman–Crippen LogP) is 3.21. The molecule has 0 saturated heterocycles. The van der Waals surface area contributed by atoms with Crippen LogP contribution >= 0.6 is 0 Å². The first-order chi connectivity index (χ1) is 18.3. The van der Waals surface area contributed by atoms with Gasteiger partial charge in [0, 0.05) is 19.1 Å². The van der Waals surface area contributed by atoms with Crippen LogP contribution in [-0.2, 0) is 24.4 Å². The number of rotatable bonds is 9. The van der Waals surface area contributed by atoms with E-state index in [9.17, 15) is 14.4 Å². The van der Waals surface area contributed by atoms with E-state index in [-0.39, 0.29) is 42.3 Å². The molecule has 1 fully saturated rings. The molecule has 38 heavy (non-hydrogen) atoms. The lowest BCUT2D eigenvalue weighted by atomic mass is 9.93. The SMILES string of the molecule is CCOc1ccc(CNC(=O)c2ncn3c2C(=O)N(C2CC2)[C@@](C)(C(=O)NCc2cccc(C)c2)C3)cc1. The van der Waals surface area contributed by atoms with Gasteiger partial charge in [-0.3, -0.25) is 14.4 Å². The molecule has 1 aliphatic heterocycles. The van der Waals surface area contributed by atoms with E-state index in [1.807, 2.05) is 62.4 Å². The van der Waals surface area contributed by atoms with E-state index in [0.717, 1.165) is 35.3 Å². The van der Waals surface area contributed by atoms with Gasteiger partial charge < -0.3 is 24.8 Å². The number of carbonyl (C=O) groups excluding carboxylic acids is 3. The van der Waals surface area contributed by atoms with Crippen LogP contribution in [0.25, 0.3) is 0 Å². The van der Waals surface area contributed by atoms with Crippen molar-refractivity contribution in [3.63, 3.8) is 0 Å². The Kier molecular flexibility index (Phi) is 6.93. The zero-order valence-corrected chi connectivity index (χ0v) is 22.0. The normalized spacial score (nSPS) is 18.6. The Balaban J connectivity index is 1.32. The van der Waals surface area contributed by atoms with Crippen LogP contribution in [0.15, 0.2) is 54.9 Å². The highest BCUT2D eigenvalue weighted by Crippen LogP contribution is 2.38. The van der Waals surface area contributed by atoms with Gasteiger partial charge in [-0.2, -0.15) is 0 Å². The summed E-state index contributed by atoms with van der Waals surface area (Å²) in [6, 6.07) is 15.4. The highest BCUT2D eigenvalue weighted by atomic mass is 16.5. The third-order valence-electron chi connectivity index (χ3n) is 7.11. The third kappa shape index (κ3) is 5.01. The highest BCUT2D eigenvalue weighted by Gasteiger charge is 2.53. The van der Waals surface area contributed by atoms with Crippen molar-refractivity contribution in [2.24, 2.45) is 0 Å². The second-order valence-electron chi connectivity index (χ2n) is 10.2. The van der Waals surface area contributed by atoms with Crippen LogP contribution in [0.3, 0.4) is 0 Å². The molecule has 9 heteroatoms. The minimum atomic E-state index is -1.09. The molecule has 198 valence electrons. The summed E-state index contributed by atoms with van der Waals surface area (Å²) < 4.78 is 7.10. The molecule has 3 amide bonds. The van der Waals surface area contributed by atoms with Crippen molar-refractivity contribution < 1.29 is 19.1 Å². The Morgan fingerprint density at radius 1 is 1.08 bits per heavy atom. The number of benzene rings is 2. The largest absolute Gasteiger partial charge is 0.494 e. The van der Waals surface area contributed by atoms with Crippen molar-refractivity contribution in [1.82, 2.24) is 25.1 Å². The molecule has 0 bridgehead atoms. The van der Waals surface area contributed by atoms with Gasteiger partial charge in [0.25, 0.3) is 11.8 Å². The van der Waals surface area contributed by atoms with Crippen LogP contribution in [0, 0.1) is 6.92 Å². The van der Waals surface area contributed by atoms with Gasteiger partial charge in [-0.15, -0.1) is 0 Å². The Hall–Kier alpha value is -4.14. The maximum Gasteiger partial charge on any atom is 0.274 e. The van der Waals surface area contributed by atoms with E-state index in [2.05, 4.69) is 15.6 Å². The van der Waals surface area contributed by atoms with Crippen LogP contribution in [0.4, 0.5) is 0 Å². The van der Waals surface area contributed by atoms with Gasteiger partial charge in [0.1, 0.15) is 17.0 Å². The van der Waals surface area contributed by atoms with Crippen molar-refractivity contribution in [3.05, 3.63) is 82.9 Å². The van der Waals surface area contributed by atoms with E-state index >= 15 is 0 Å². The number of hydrogen-bond acceptors (Lipinski definition) is 5. The lowest BCUT2D eigenvalue weighted by molar-refractivity contribution is -0.133. The number of nitrogens with one attached hydrogen (secondary N) is 2. The number of imidazole rings is 1. The average Bonchev–Trinajstić information content (AvgIpc) is 3.64. The molecular weight excluding hydrogens is 482 g/mol. The zero-order valence-electron chi connectivity index (χ0n) is 22.0. The molecule has 2 aromatic carbocycles. The monoisotopic (exact) mass is 515 g/mol. The first-order valence-electron chi connectivity index (χ1n) is 13.0. The number of aromatic nitrogens is 2. The number of nitrogens with zero attached hydrogens (tertiary/aromatic N) is 3. The van der Waals surface area contributed by atoms with E-state index in [1.54, 1.807) is 16.4 Å². The van der Waals surface area contributed by atoms with Crippen molar-refractivity contribution in [2.45, 2.75) is 64.8 Å². The fourth-order valence-corrected chi connectivity index (χ4v) is 5.05. The van der Waals surface area contributed by atoms with E-state index < -0.39 is 11.4 Å². The van der Waals surface area contributed by atoms with E-state index in [0.29, 0.717) is 13.2 Å². The van der Waals surface area contributed by atoms with Gasteiger partial charge in [-0.25, -0.2) is 4.98 Å². The maximum atomic E-state index is 13.8. The van der Waals surface area contributed by atoms with Crippen molar-refractivity contribution in [3.8, 4) is 5.75 Å². The number of hydrogen-bond donors (Lipinski definition) is 2. The summed E-state index contributed by atoms with van der Waals surface area (Å²) in [5.41, 5.74) is 2.23. The molecule has 0 spiro atoms. The van der Waals surface area contributed by atoms with Crippen LogP contribution in [0.2, 0.25) is 0 Å². The Morgan fingerprint density at radius 2 is 1.82 bits per heavy atom. The number of fused-ring (bicyclic) bond motifs is 1. The van der Waals surface area contributed by atoms with Crippen LogP contribution in [0.5, 0.6) is 5.75 Å². The number of carbonyl (C=O) groups is 3. The molecule has 1 aromatic heterocycles. The standard InChI is InChI=1S/C29H33N5O4/c1-4-38-23-12-8-20(9-13-23)15-30-26(35)24-25-27(36)34(22-10-11-22)29(3,17-33(25)18-32-24)28(37)31-16-21-7-5-6-19(2)14-21/h5-9,12-14,18,22H,4,10-11,15-17H2,1-3H3,(H,30,35)(H,31,37)/t29-/m1/s1. The minimum absolute atomic E-state index is 0.0272. The number of ether oxygens (including phenoxy) is 1. The summed E-state index contributed by atoms with van der Waals surface area (Å²) in [6.45, 7) is 7.20. The van der Waals surface area contributed by atoms with Gasteiger partial charge in [-0.1, -0.05) is 42.0 Å². The third-order valence-corrected chi connectivity index (χ3v) is 7.11. The average molecular weight is 516 g/mol. The molecule has 0 unspecified atom stereocenters. The molecule has 2 N–H and O–H groups in total. The quantitative estimate of drug-likeness (QED) is 0.455. The predicted molar refractivity (Wildman–Crippen MR) is 142 cm³/mol.